The van der Waals surface area contributed by atoms with Gasteiger partial charge in [-0.25, -0.2) is 9.67 Å². The maximum atomic E-state index is 9.42. The number of ether oxygens (including phenoxy) is 2. The lowest BCUT2D eigenvalue weighted by Gasteiger charge is -2.20. The smallest absolute Gasteiger partial charge is 0.233 e. The molecule has 0 atom stereocenters. The van der Waals surface area contributed by atoms with Crippen LogP contribution in [-0.2, 0) is 6.54 Å². The van der Waals surface area contributed by atoms with Crippen LogP contribution in [0.15, 0.2) is 48.9 Å². The zero-order valence-corrected chi connectivity index (χ0v) is 14.9. The van der Waals surface area contributed by atoms with Crippen LogP contribution in [0.1, 0.15) is 11.1 Å². The van der Waals surface area contributed by atoms with Gasteiger partial charge in [-0.15, -0.1) is 0 Å². The summed E-state index contributed by atoms with van der Waals surface area (Å²) in [6.45, 7) is 0.589. The molecule has 7 heteroatoms. The summed E-state index contributed by atoms with van der Waals surface area (Å²) in [5.41, 5.74) is 3.10. The largest absolute Gasteiger partial charge is 0.497 e. The van der Waals surface area contributed by atoms with Gasteiger partial charge in [0, 0.05) is 37.6 Å². The van der Waals surface area contributed by atoms with Gasteiger partial charge in [0.2, 0.25) is 5.88 Å². The zero-order chi connectivity index (χ0) is 18.5. The van der Waals surface area contributed by atoms with Crippen LogP contribution in [0.2, 0.25) is 0 Å². The molecule has 0 aliphatic rings. The molecule has 3 aromatic rings. The van der Waals surface area contributed by atoms with E-state index in [1.165, 1.54) is 7.11 Å². The number of pyridine rings is 1. The molecule has 0 fully saturated rings. The number of nitrogens with zero attached hydrogens (tertiary/aromatic N) is 5. The molecule has 26 heavy (non-hydrogen) atoms. The molecule has 2 heterocycles. The zero-order valence-electron chi connectivity index (χ0n) is 14.9. The molecule has 2 aromatic heterocycles. The monoisotopic (exact) mass is 349 g/mol. The summed E-state index contributed by atoms with van der Waals surface area (Å²) in [7, 11) is 5.06. The van der Waals surface area contributed by atoms with Gasteiger partial charge >= 0.3 is 0 Å². The number of hydrogen-bond donors (Lipinski definition) is 0. The van der Waals surface area contributed by atoms with Crippen molar-refractivity contribution in [3.63, 3.8) is 0 Å². The molecule has 0 amide bonds. The highest BCUT2D eigenvalue weighted by atomic mass is 16.5. The van der Waals surface area contributed by atoms with Gasteiger partial charge in [-0.2, -0.15) is 10.4 Å². The second kappa shape index (κ2) is 7.57. The third-order valence-corrected chi connectivity index (χ3v) is 3.98. The second-order valence-corrected chi connectivity index (χ2v) is 5.68. The highest BCUT2D eigenvalue weighted by Crippen LogP contribution is 2.26. The highest BCUT2D eigenvalue weighted by molar-refractivity contribution is 5.62. The fourth-order valence-electron chi connectivity index (χ4n) is 2.71. The number of nitriles is 1. The van der Waals surface area contributed by atoms with E-state index in [-0.39, 0.29) is 0 Å². The summed E-state index contributed by atoms with van der Waals surface area (Å²) >= 11 is 0. The SMILES string of the molecule is COc1cccc(-n2cc(CN(C)c3ccnc(OC)c3C#N)cn2)c1. The van der Waals surface area contributed by atoms with E-state index in [1.807, 2.05) is 42.4 Å². The van der Waals surface area contributed by atoms with E-state index in [1.54, 1.807) is 30.3 Å². The molecular weight excluding hydrogens is 330 g/mol. The normalized spacial score (nSPS) is 10.2. The van der Waals surface area contributed by atoms with E-state index in [0.29, 0.717) is 18.0 Å². The quantitative estimate of drug-likeness (QED) is 0.681. The van der Waals surface area contributed by atoms with Crippen molar-refractivity contribution in [3.05, 3.63) is 60.0 Å². The van der Waals surface area contributed by atoms with Crippen molar-refractivity contribution in [2.75, 3.05) is 26.2 Å². The van der Waals surface area contributed by atoms with Gasteiger partial charge in [-0.3, -0.25) is 0 Å². The van der Waals surface area contributed by atoms with Crippen molar-refractivity contribution < 1.29 is 9.47 Å². The van der Waals surface area contributed by atoms with Crippen LogP contribution in [0.3, 0.4) is 0 Å². The summed E-state index contributed by atoms with van der Waals surface area (Å²) in [4.78, 5) is 6.05. The molecule has 1 aromatic carbocycles. The van der Waals surface area contributed by atoms with Crippen molar-refractivity contribution in [1.29, 1.82) is 5.26 Å². The lowest BCUT2D eigenvalue weighted by Crippen LogP contribution is -2.17. The van der Waals surface area contributed by atoms with Crippen LogP contribution in [0.25, 0.3) is 5.69 Å². The molecule has 0 saturated heterocycles. The Hall–Kier alpha value is -3.53. The van der Waals surface area contributed by atoms with E-state index >= 15 is 0 Å². The Morgan fingerprint density at radius 1 is 1.23 bits per heavy atom. The van der Waals surface area contributed by atoms with Gasteiger partial charge < -0.3 is 14.4 Å². The van der Waals surface area contributed by atoms with Gasteiger partial charge in [0.25, 0.3) is 0 Å². The molecular formula is C19H19N5O2. The van der Waals surface area contributed by atoms with Crippen molar-refractivity contribution in [3.8, 4) is 23.4 Å². The molecule has 132 valence electrons. The first kappa shape index (κ1) is 17.3. The number of benzene rings is 1. The van der Waals surface area contributed by atoms with Gasteiger partial charge in [0.05, 0.1) is 31.8 Å². The fraction of sp³-hybridized carbons (Fsp3) is 0.211. The van der Waals surface area contributed by atoms with Gasteiger partial charge in [0.15, 0.2) is 0 Å². The predicted octanol–water partition coefficient (Wildman–Crippen LogP) is 2.79. The average Bonchev–Trinajstić information content (AvgIpc) is 3.15. The van der Waals surface area contributed by atoms with Crippen molar-refractivity contribution >= 4 is 5.69 Å². The third-order valence-electron chi connectivity index (χ3n) is 3.98. The van der Waals surface area contributed by atoms with Crippen LogP contribution in [0, 0.1) is 11.3 Å². The Morgan fingerprint density at radius 3 is 2.81 bits per heavy atom. The van der Waals surface area contributed by atoms with Crippen molar-refractivity contribution in [2.24, 2.45) is 0 Å². The Labute approximate surface area is 152 Å². The molecule has 0 saturated carbocycles. The first-order valence-electron chi connectivity index (χ1n) is 7.98. The Morgan fingerprint density at radius 2 is 2.08 bits per heavy atom. The standard InChI is InChI=1S/C19H19N5O2/c1-23(18-7-8-21-19(26-3)17(18)10-20)12-14-11-22-24(13-14)15-5-4-6-16(9-15)25-2/h4-9,11,13H,12H2,1-3H3. The number of anilines is 1. The van der Waals surface area contributed by atoms with Crippen LogP contribution in [0.5, 0.6) is 11.6 Å². The maximum absolute atomic E-state index is 9.42. The molecule has 0 bridgehead atoms. The lowest BCUT2D eigenvalue weighted by molar-refractivity contribution is 0.396. The summed E-state index contributed by atoms with van der Waals surface area (Å²) < 4.78 is 12.2. The molecule has 0 N–H and O–H groups in total. The molecule has 0 unspecified atom stereocenters. The van der Waals surface area contributed by atoms with Gasteiger partial charge in [-0.05, 0) is 18.2 Å². The maximum Gasteiger partial charge on any atom is 0.233 e. The summed E-state index contributed by atoms with van der Waals surface area (Å²) in [6.07, 6.45) is 5.39. The Kier molecular flexibility index (Phi) is 5.04. The van der Waals surface area contributed by atoms with E-state index in [2.05, 4.69) is 16.2 Å². The topological polar surface area (TPSA) is 76.2 Å². The van der Waals surface area contributed by atoms with E-state index in [4.69, 9.17) is 9.47 Å². The third kappa shape index (κ3) is 3.44. The summed E-state index contributed by atoms with van der Waals surface area (Å²) in [6, 6.07) is 11.7. The Bertz CT molecular complexity index is 945. The average molecular weight is 349 g/mol. The Balaban J connectivity index is 1.82. The lowest BCUT2D eigenvalue weighted by atomic mass is 10.2. The van der Waals surface area contributed by atoms with E-state index in [0.717, 1.165) is 22.7 Å². The second-order valence-electron chi connectivity index (χ2n) is 5.68. The number of aromatic nitrogens is 3. The van der Waals surface area contributed by atoms with Gasteiger partial charge in [0.1, 0.15) is 17.4 Å². The van der Waals surface area contributed by atoms with Crippen LogP contribution in [-0.4, -0.2) is 36.0 Å². The molecule has 0 aliphatic carbocycles. The van der Waals surface area contributed by atoms with Crippen LogP contribution < -0.4 is 14.4 Å². The highest BCUT2D eigenvalue weighted by Gasteiger charge is 2.14. The first-order valence-corrected chi connectivity index (χ1v) is 7.98. The van der Waals surface area contributed by atoms with Crippen molar-refractivity contribution in [1.82, 2.24) is 14.8 Å². The van der Waals surface area contributed by atoms with Crippen LogP contribution >= 0.6 is 0 Å². The minimum atomic E-state index is 0.323. The predicted molar refractivity (Wildman–Crippen MR) is 97.7 cm³/mol. The van der Waals surface area contributed by atoms with Crippen LogP contribution in [0.4, 0.5) is 5.69 Å². The fourth-order valence-corrected chi connectivity index (χ4v) is 2.71. The summed E-state index contributed by atoms with van der Waals surface area (Å²) in [5.74, 6) is 1.10. The molecule has 0 aliphatic heterocycles. The number of hydrogen-bond acceptors (Lipinski definition) is 6. The number of methoxy groups -OCH3 is 2. The minimum absolute atomic E-state index is 0.323. The van der Waals surface area contributed by atoms with E-state index < -0.39 is 0 Å². The summed E-state index contributed by atoms with van der Waals surface area (Å²) in [5, 5.41) is 13.8. The van der Waals surface area contributed by atoms with Crippen molar-refractivity contribution in [2.45, 2.75) is 6.54 Å². The molecule has 7 nitrogen and oxygen atoms in total. The molecule has 3 rings (SSSR count). The first-order chi connectivity index (χ1) is 12.7. The van der Waals surface area contributed by atoms with Gasteiger partial charge in [-0.1, -0.05) is 6.07 Å². The molecule has 0 spiro atoms. The molecule has 0 radical (unpaired) electrons. The van der Waals surface area contributed by atoms with E-state index in [9.17, 15) is 5.26 Å². The number of rotatable bonds is 6. The minimum Gasteiger partial charge on any atom is -0.497 e.